The van der Waals surface area contributed by atoms with Crippen LogP contribution < -0.4 is 5.32 Å². The van der Waals surface area contributed by atoms with Gasteiger partial charge in [-0.3, -0.25) is 0 Å². The van der Waals surface area contributed by atoms with E-state index in [-0.39, 0.29) is 0 Å². The molecule has 19 heavy (non-hydrogen) atoms. The van der Waals surface area contributed by atoms with E-state index in [0.717, 1.165) is 16.9 Å². The third-order valence-corrected chi connectivity index (χ3v) is 3.24. The molecule has 0 unspecified atom stereocenters. The molecule has 0 saturated heterocycles. The number of anilines is 2. The SMILES string of the molecule is C=Cc1ccccc1Nc1cccc2ccccc12. The van der Waals surface area contributed by atoms with Crippen LogP contribution in [0.3, 0.4) is 0 Å². The Balaban J connectivity index is 2.08. The van der Waals surface area contributed by atoms with Gasteiger partial charge < -0.3 is 5.32 Å². The van der Waals surface area contributed by atoms with E-state index in [1.54, 1.807) is 0 Å². The highest BCUT2D eigenvalue weighted by atomic mass is 14.9. The zero-order valence-electron chi connectivity index (χ0n) is 10.6. The van der Waals surface area contributed by atoms with Gasteiger partial charge in [-0.15, -0.1) is 0 Å². The molecule has 1 heteroatoms. The van der Waals surface area contributed by atoms with Crippen molar-refractivity contribution in [1.82, 2.24) is 0 Å². The van der Waals surface area contributed by atoms with Crippen LogP contribution in [0.4, 0.5) is 11.4 Å². The van der Waals surface area contributed by atoms with Gasteiger partial charge in [0.1, 0.15) is 0 Å². The van der Waals surface area contributed by atoms with Crippen LogP contribution in [0.2, 0.25) is 0 Å². The van der Waals surface area contributed by atoms with Crippen LogP contribution in [0.25, 0.3) is 16.8 Å². The minimum Gasteiger partial charge on any atom is -0.355 e. The second-order valence-corrected chi connectivity index (χ2v) is 4.44. The van der Waals surface area contributed by atoms with E-state index in [0.29, 0.717) is 0 Å². The van der Waals surface area contributed by atoms with Gasteiger partial charge in [0.25, 0.3) is 0 Å². The van der Waals surface area contributed by atoms with Gasteiger partial charge >= 0.3 is 0 Å². The molecule has 3 aromatic rings. The number of para-hydroxylation sites is 1. The van der Waals surface area contributed by atoms with E-state index in [4.69, 9.17) is 0 Å². The maximum Gasteiger partial charge on any atom is 0.0464 e. The maximum atomic E-state index is 3.86. The molecule has 0 atom stereocenters. The quantitative estimate of drug-likeness (QED) is 0.666. The molecule has 0 aliphatic carbocycles. The topological polar surface area (TPSA) is 12.0 Å². The van der Waals surface area contributed by atoms with Gasteiger partial charge in [0.15, 0.2) is 0 Å². The summed E-state index contributed by atoms with van der Waals surface area (Å²) in [5.74, 6) is 0. The summed E-state index contributed by atoms with van der Waals surface area (Å²) in [7, 11) is 0. The van der Waals surface area contributed by atoms with Crippen molar-refractivity contribution < 1.29 is 0 Å². The first-order valence-corrected chi connectivity index (χ1v) is 6.35. The molecule has 0 saturated carbocycles. The Morgan fingerprint density at radius 2 is 1.42 bits per heavy atom. The summed E-state index contributed by atoms with van der Waals surface area (Å²) in [6.45, 7) is 3.86. The first-order valence-electron chi connectivity index (χ1n) is 6.35. The summed E-state index contributed by atoms with van der Waals surface area (Å²) < 4.78 is 0. The highest BCUT2D eigenvalue weighted by Gasteiger charge is 2.02. The third kappa shape index (κ3) is 2.23. The van der Waals surface area contributed by atoms with Gasteiger partial charge in [0.2, 0.25) is 0 Å². The van der Waals surface area contributed by atoms with E-state index < -0.39 is 0 Å². The number of fused-ring (bicyclic) bond motifs is 1. The van der Waals surface area contributed by atoms with E-state index in [2.05, 4.69) is 66.5 Å². The van der Waals surface area contributed by atoms with E-state index in [1.165, 1.54) is 10.8 Å². The molecule has 0 aliphatic heterocycles. The Morgan fingerprint density at radius 1 is 0.737 bits per heavy atom. The second kappa shape index (κ2) is 4.99. The van der Waals surface area contributed by atoms with Gasteiger partial charge in [-0.1, -0.05) is 67.3 Å². The zero-order chi connectivity index (χ0) is 13.1. The Labute approximate surface area is 113 Å². The normalized spacial score (nSPS) is 10.3. The third-order valence-electron chi connectivity index (χ3n) is 3.24. The van der Waals surface area contributed by atoms with E-state index in [1.807, 2.05) is 18.2 Å². The average molecular weight is 245 g/mol. The van der Waals surface area contributed by atoms with Crippen molar-refractivity contribution in [3.8, 4) is 0 Å². The molecule has 0 aliphatic rings. The number of hydrogen-bond donors (Lipinski definition) is 1. The standard InChI is InChI=1S/C18H15N/c1-2-14-8-4-6-12-17(14)19-18-13-7-10-15-9-3-5-11-16(15)18/h2-13,19H,1H2. The van der Waals surface area contributed by atoms with Crippen molar-refractivity contribution in [3.63, 3.8) is 0 Å². The van der Waals surface area contributed by atoms with Gasteiger partial charge in [0, 0.05) is 16.8 Å². The Morgan fingerprint density at radius 3 is 2.32 bits per heavy atom. The van der Waals surface area contributed by atoms with E-state index in [9.17, 15) is 0 Å². The Bertz CT molecular complexity index is 723. The summed E-state index contributed by atoms with van der Waals surface area (Å²) in [5.41, 5.74) is 3.30. The molecule has 0 aromatic heterocycles. The Hall–Kier alpha value is -2.54. The molecule has 92 valence electrons. The lowest BCUT2D eigenvalue weighted by molar-refractivity contribution is 1.55. The lowest BCUT2D eigenvalue weighted by Crippen LogP contribution is -1.93. The fraction of sp³-hybridized carbons (Fsp3) is 0. The molecule has 1 nitrogen and oxygen atoms in total. The minimum atomic E-state index is 1.08. The summed E-state index contributed by atoms with van der Waals surface area (Å²) in [5, 5.41) is 5.96. The number of benzene rings is 3. The number of hydrogen-bond acceptors (Lipinski definition) is 1. The molecule has 0 spiro atoms. The first kappa shape index (κ1) is 11.5. The van der Waals surface area contributed by atoms with E-state index >= 15 is 0 Å². The second-order valence-electron chi connectivity index (χ2n) is 4.44. The lowest BCUT2D eigenvalue weighted by atomic mass is 10.1. The van der Waals surface area contributed by atoms with Crippen LogP contribution in [-0.2, 0) is 0 Å². The molecular weight excluding hydrogens is 230 g/mol. The van der Waals surface area contributed by atoms with Gasteiger partial charge in [-0.05, 0) is 23.1 Å². The molecule has 0 amide bonds. The maximum absolute atomic E-state index is 3.86. The predicted octanol–water partition coefficient (Wildman–Crippen LogP) is 5.23. The van der Waals surface area contributed by atoms with Gasteiger partial charge in [0.05, 0.1) is 0 Å². The molecule has 0 bridgehead atoms. The van der Waals surface area contributed by atoms with Gasteiger partial charge in [-0.25, -0.2) is 0 Å². The summed E-state index contributed by atoms with van der Waals surface area (Å²) in [6.07, 6.45) is 1.87. The molecule has 0 fully saturated rings. The van der Waals surface area contributed by atoms with Gasteiger partial charge in [-0.2, -0.15) is 0 Å². The van der Waals surface area contributed by atoms with Crippen LogP contribution in [0.15, 0.2) is 73.3 Å². The smallest absolute Gasteiger partial charge is 0.0464 e. The van der Waals surface area contributed by atoms with Crippen molar-refractivity contribution in [3.05, 3.63) is 78.9 Å². The fourth-order valence-corrected chi connectivity index (χ4v) is 2.27. The Kier molecular flexibility index (Phi) is 3.03. The lowest BCUT2D eigenvalue weighted by Gasteiger charge is -2.12. The summed E-state index contributed by atoms with van der Waals surface area (Å²) in [6, 6.07) is 22.8. The molecule has 1 N–H and O–H groups in total. The average Bonchev–Trinajstić information content (AvgIpc) is 2.48. The minimum absolute atomic E-state index is 1.08. The van der Waals surface area contributed by atoms with Crippen LogP contribution in [0.1, 0.15) is 5.56 Å². The molecule has 0 heterocycles. The highest BCUT2D eigenvalue weighted by Crippen LogP contribution is 2.28. The molecule has 3 aromatic carbocycles. The summed E-state index contributed by atoms with van der Waals surface area (Å²) in [4.78, 5) is 0. The van der Waals surface area contributed by atoms with Crippen molar-refractivity contribution >= 4 is 28.2 Å². The fourth-order valence-electron chi connectivity index (χ4n) is 2.27. The number of nitrogens with one attached hydrogen (secondary N) is 1. The zero-order valence-corrected chi connectivity index (χ0v) is 10.6. The van der Waals surface area contributed by atoms with Crippen molar-refractivity contribution in [2.24, 2.45) is 0 Å². The van der Waals surface area contributed by atoms with Crippen LogP contribution in [0.5, 0.6) is 0 Å². The highest BCUT2D eigenvalue weighted by molar-refractivity contribution is 5.95. The van der Waals surface area contributed by atoms with Crippen LogP contribution in [0, 0.1) is 0 Å². The number of rotatable bonds is 3. The van der Waals surface area contributed by atoms with Crippen LogP contribution >= 0.6 is 0 Å². The molecule has 0 radical (unpaired) electrons. The monoisotopic (exact) mass is 245 g/mol. The van der Waals surface area contributed by atoms with Crippen molar-refractivity contribution in [1.29, 1.82) is 0 Å². The predicted molar refractivity (Wildman–Crippen MR) is 83.8 cm³/mol. The van der Waals surface area contributed by atoms with Crippen molar-refractivity contribution in [2.45, 2.75) is 0 Å². The molecule has 3 rings (SSSR count). The van der Waals surface area contributed by atoms with Crippen molar-refractivity contribution in [2.75, 3.05) is 5.32 Å². The first-order chi connectivity index (χ1) is 9.38. The molecular formula is C18H15N. The largest absolute Gasteiger partial charge is 0.355 e. The summed E-state index contributed by atoms with van der Waals surface area (Å²) >= 11 is 0. The van der Waals surface area contributed by atoms with Crippen LogP contribution in [-0.4, -0.2) is 0 Å².